The molecule has 0 bridgehead atoms. The van der Waals surface area contributed by atoms with Crippen LogP contribution in [0.1, 0.15) is 11.1 Å². The SMILES string of the molecule is Cc1cccc(C#CCCl)c1F. The van der Waals surface area contributed by atoms with E-state index in [1.165, 1.54) is 0 Å². The molecule has 0 heterocycles. The van der Waals surface area contributed by atoms with Gasteiger partial charge in [-0.2, -0.15) is 0 Å². The summed E-state index contributed by atoms with van der Waals surface area (Å²) in [6, 6.07) is 5.12. The van der Waals surface area contributed by atoms with E-state index in [-0.39, 0.29) is 11.7 Å². The van der Waals surface area contributed by atoms with E-state index in [1.54, 1.807) is 25.1 Å². The fourth-order valence-corrected chi connectivity index (χ4v) is 0.939. The molecule has 1 aromatic rings. The first kappa shape index (κ1) is 9.09. The maximum Gasteiger partial charge on any atom is 0.141 e. The van der Waals surface area contributed by atoms with Crippen LogP contribution in [0.5, 0.6) is 0 Å². The Balaban J connectivity index is 3.08. The first-order valence-electron chi connectivity index (χ1n) is 3.55. The average molecular weight is 183 g/mol. The Morgan fingerprint density at radius 3 is 2.92 bits per heavy atom. The first-order valence-corrected chi connectivity index (χ1v) is 4.09. The fraction of sp³-hybridized carbons (Fsp3) is 0.200. The van der Waals surface area contributed by atoms with Crippen molar-refractivity contribution >= 4 is 11.6 Å². The highest BCUT2D eigenvalue weighted by Crippen LogP contribution is 2.09. The Hall–Kier alpha value is -1.00. The molecule has 0 aliphatic carbocycles. The third-order valence-corrected chi connectivity index (χ3v) is 1.62. The number of aryl methyl sites for hydroxylation is 1. The van der Waals surface area contributed by atoms with E-state index in [0.29, 0.717) is 11.1 Å². The summed E-state index contributed by atoms with van der Waals surface area (Å²) in [6.07, 6.45) is 0. The highest BCUT2D eigenvalue weighted by atomic mass is 35.5. The Morgan fingerprint density at radius 2 is 2.25 bits per heavy atom. The van der Waals surface area contributed by atoms with Crippen molar-refractivity contribution in [2.45, 2.75) is 6.92 Å². The molecule has 0 amide bonds. The molecule has 1 rings (SSSR count). The Labute approximate surface area is 76.4 Å². The fourth-order valence-electron chi connectivity index (χ4n) is 0.873. The van der Waals surface area contributed by atoms with Gasteiger partial charge in [-0.1, -0.05) is 24.0 Å². The maximum absolute atomic E-state index is 13.2. The van der Waals surface area contributed by atoms with Crippen LogP contribution in [0.25, 0.3) is 0 Å². The van der Waals surface area contributed by atoms with Crippen LogP contribution in [-0.4, -0.2) is 5.88 Å². The van der Waals surface area contributed by atoms with Gasteiger partial charge in [0.1, 0.15) is 5.82 Å². The standard InChI is InChI=1S/C10H8ClF/c1-8-4-2-5-9(10(8)12)6-3-7-11/h2,4-5H,7H2,1H3. The number of rotatable bonds is 0. The van der Waals surface area contributed by atoms with Crippen molar-refractivity contribution in [3.63, 3.8) is 0 Å². The van der Waals surface area contributed by atoms with Crippen molar-refractivity contribution in [1.29, 1.82) is 0 Å². The monoisotopic (exact) mass is 182 g/mol. The van der Waals surface area contributed by atoms with Gasteiger partial charge < -0.3 is 0 Å². The minimum Gasteiger partial charge on any atom is -0.205 e. The lowest BCUT2D eigenvalue weighted by Crippen LogP contribution is -1.86. The van der Waals surface area contributed by atoms with Gasteiger partial charge in [0.25, 0.3) is 0 Å². The molecular formula is C10H8ClF. The molecule has 0 fully saturated rings. The summed E-state index contributed by atoms with van der Waals surface area (Å²) in [4.78, 5) is 0. The van der Waals surface area contributed by atoms with Gasteiger partial charge in [-0.05, 0) is 18.6 Å². The van der Waals surface area contributed by atoms with E-state index < -0.39 is 0 Å². The Morgan fingerprint density at radius 1 is 1.50 bits per heavy atom. The molecule has 0 nitrogen and oxygen atoms in total. The second kappa shape index (κ2) is 4.13. The normalized spacial score (nSPS) is 8.92. The molecule has 0 saturated heterocycles. The van der Waals surface area contributed by atoms with Crippen LogP contribution in [0.2, 0.25) is 0 Å². The van der Waals surface area contributed by atoms with Crippen molar-refractivity contribution in [1.82, 2.24) is 0 Å². The average Bonchev–Trinajstić information content (AvgIpc) is 2.08. The topological polar surface area (TPSA) is 0 Å². The molecule has 1 aromatic carbocycles. The summed E-state index contributed by atoms with van der Waals surface area (Å²) in [5, 5.41) is 0. The molecule has 0 aliphatic rings. The van der Waals surface area contributed by atoms with Crippen molar-refractivity contribution in [3.8, 4) is 11.8 Å². The van der Waals surface area contributed by atoms with Gasteiger partial charge in [-0.3, -0.25) is 0 Å². The molecule has 0 unspecified atom stereocenters. The lowest BCUT2D eigenvalue weighted by Gasteiger charge is -1.96. The van der Waals surface area contributed by atoms with E-state index >= 15 is 0 Å². The van der Waals surface area contributed by atoms with E-state index in [1.807, 2.05) is 0 Å². The molecule has 0 saturated carbocycles. The second-order valence-electron chi connectivity index (χ2n) is 2.37. The van der Waals surface area contributed by atoms with Gasteiger partial charge in [0, 0.05) is 0 Å². The zero-order valence-corrected chi connectivity index (χ0v) is 7.45. The zero-order valence-electron chi connectivity index (χ0n) is 6.70. The van der Waals surface area contributed by atoms with Crippen molar-refractivity contribution in [2.75, 3.05) is 5.88 Å². The Kier molecular flexibility index (Phi) is 3.13. The minimum atomic E-state index is -0.255. The van der Waals surface area contributed by atoms with Gasteiger partial charge >= 0.3 is 0 Å². The summed E-state index contributed by atoms with van der Waals surface area (Å²) >= 11 is 5.35. The molecule has 0 N–H and O–H groups in total. The summed E-state index contributed by atoms with van der Waals surface area (Å²) < 4.78 is 13.2. The summed E-state index contributed by atoms with van der Waals surface area (Å²) in [6.45, 7) is 1.71. The predicted octanol–water partition coefficient (Wildman–Crippen LogP) is 2.72. The van der Waals surface area contributed by atoms with Crippen molar-refractivity contribution in [3.05, 3.63) is 35.1 Å². The summed E-state index contributed by atoms with van der Waals surface area (Å²) in [5.74, 6) is 5.23. The van der Waals surface area contributed by atoms with Crippen LogP contribution in [-0.2, 0) is 0 Å². The van der Waals surface area contributed by atoms with Crippen LogP contribution >= 0.6 is 11.6 Å². The Bertz CT molecular complexity index is 333. The van der Waals surface area contributed by atoms with Gasteiger partial charge in [-0.25, -0.2) is 4.39 Å². The molecule has 2 heteroatoms. The second-order valence-corrected chi connectivity index (χ2v) is 2.64. The highest BCUT2D eigenvalue weighted by Gasteiger charge is 1.99. The summed E-state index contributed by atoms with van der Waals surface area (Å²) in [5.41, 5.74) is 1.02. The van der Waals surface area contributed by atoms with Crippen LogP contribution in [0.3, 0.4) is 0 Å². The molecule has 0 aliphatic heterocycles. The number of hydrogen-bond acceptors (Lipinski definition) is 0. The van der Waals surface area contributed by atoms with E-state index in [9.17, 15) is 4.39 Å². The van der Waals surface area contributed by atoms with Crippen LogP contribution in [0.15, 0.2) is 18.2 Å². The van der Waals surface area contributed by atoms with Gasteiger partial charge in [0.15, 0.2) is 0 Å². The lowest BCUT2D eigenvalue weighted by atomic mass is 10.1. The molecule has 0 atom stereocenters. The third-order valence-electron chi connectivity index (χ3n) is 1.48. The molecule has 0 spiro atoms. The largest absolute Gasteiger partial charge is 0.205 e. The smallest absolute Gasteiger partial charge is 0.141 e. The molecular weight excluding hydrogens is 175 g/mol. The van der Waals surface area contributed by atoms with E-state index in [0.717, 1.165) is 0 Å². The van der Waals surface area contributed by atoms with Gasteiger partial charge in [0.2, 0.25) is 0 Å². The van der Waals surface area contributed by atoms with Crippen LogP contribution in [0, 0.1) is 24.6 Å². The number of alkyl halides is 1. The third kappa shape index (κ3) is 1.99. The van der Waals surface area contributed by atoms with Crippen LogP contribution in [0.4, 0.5) is 4.39 Å². The first-order chi connectivity index (χ1) is 5.75. The van der Waals surface area contributed by atoms with Crippen molar-refractivity contribution in [2.24, 2.45) is 0 Å². The summed E-state index contributed by atoms with van der Waals surface area (Å²) in [7, 11) is 0. The zero-order chi connectivity index (χ0) is 8.97. The van der Waals surface area contributed by atoms with E-state index in [4.69, 9.17) is 11.6 Å². The quantitative estimate of drug-likeness (QED) is 0.428. The highest BCUT2D eigenvalue weighted by molar-refractivity contribution is 6.19. The molecule has 0 radical (unpaired) electrons. The minimum absolute atomic E-state index is 0.230. The van der Waals surface area contributed by atoms with Gasteiger partial charge in [0.05, 0.1) is 11.4 Å². The number of benzene rings is 1. The number of hydrogen-bond donors (Lipinski definition) is 0. The van der Waals surface area contributed by atoms with Crippen molar-refractivity contribution < 1.29 is 4.39 Å². The van der Waals surface area contributed by atoms with Gasteiger partial charge in [-0.15, -0.1) is 11.6 Å². The molecule has 62 valence electrons. The lowest BCUT2D eigenvalue weighted by molar-refractivity contribution is 0.615. The predicted molar refractivity (Wildman–Crippen MR) is 48.7 cm³/mol. The maximum atomic E-state index is 13.2. The molecule has 0 aromatic heterocycles. The number of halogens is 2. The van der Waals surface area contributed by atoms with Crippen LogP contribution < -0.4 is 0 Å². The van der Waals surface area contributed by atoms with E-state index in [2.05, 4.69) is 11.8 Å². The molecule has 12 heavy (non-hydrogen) atoms.